The van der Waals surface area contributed by atoms with E-state index in [9.17, 15) is 0 Å². The molecule has 4 heteroatoms. The lowest BCUT2D eigenvalue weighted by Crippen LogP contribution is -2.41. The molecule has 112 valence electrons. The van der Waals surface area contributed by atoms with Gasteiger partial charge in [-0.05, 0) is 45.7 Å². The van der Waals surface area contributed by atoms with Crippen molar-refractivity contribution in [3.05, 3.63) is 23.7 Å². The number of rotatable bonds is 4. The number of fused-ring (bicyclic) bond motifs is 2. The molecule has 0 amide bonds. The van der Waals surface area contributed by atoms with E-state index in [0.29, 0.717) is 12.2 Å². The maximum atomic E-state index is 5.93. The van der Waals surface area contributed by atoms with Gasteiger partial charge in [-0.3, -0.25) is 4.90 Å². The summed E-state index contributed by atoms with van der Waals surface area (Å²) in [7, 11) is 0. The summed E-state index contributed by atoms with van der Waals surface area (Å²) in [6.07, 6.45) is 3.34. The number of nitrogens with zero attached hydrogens (tertiary/aromatic N) is 1. The van der Waals surface area contributed by atoms with Gasteiger partial charge in [-0.25, -0.2) is 0 Å². The highest BCUT2D eigenvalue weighted by Crippen LogP contribution is 2.27. The summed E-state index contributed by atoms with van der Waals surface area (Å²) in [5.74, 6) is 2.09. The molecule has 3 heterocycles. The van der Waals surface area contributed by atoms with Crippen LogP contribution in [0.25, 0.3) is 0 Å². The standard InChI is InChI=1S/C16H26N2O2/c1-16(2,3)17-8-12-4-5-13(19-12)9-18-10-14-6-7-15(11-18)20-14/h4-5,14-15,17H,6-11H2,1-3H3. The van der Waals surface area contributed by atoms with Gasteiger partial charge in [0, 0.05) is 18.6 Å². The van der Waals surface area contributed by atoms with Gasteiger partial charge in [0.05, 0.1) is 25.3 Å². The Morgan fingerprint density at radius 1 is 1.15 bits per heavy atom. The summed E-state index contributed by atoms with van der Waals surface area (Å²) in [5.41, 5.74) is 0.121. The molecule has 2 fully saturated rings. The monoisotopic (exact) mass is 278 g/mol. The fourth-order valence-electron chi connectivity index (χ4n) is 3.00. The Morgan fingerprint density at radius 3 is 2.45 bits per heavy atom. The van der Waals surface area contributed by atoms with Crippen molar-refractivity contribution in [2.75, 3.05) is 13.1 Å². The Labute approximate surface area is 121 Å². The minimum atomic E-state index is 0.121. The van der Waals surface area contributed by atoms with E-state index in [1.165, 1.54) is 12.8 Å². The van der Waals surface area contributed by atoms with Crippen molar-refractivity contribution in [2.24, 2.45) is 0 Å². The van der Waals surface area contributed by atoms with Gasteiger partial charge in [0.1, 0.15) is 11.5 Å². The van der Waals surface area contributed by atoms with Gasteiger partial charge in [-0.1, -0.05) is 0 Å². The summed E-state index contributed by atoms with van der Waals surface area (Å²) in [6, 6.07) is 4.19. The van der Waals surface area contributed by atoms with Gasteiger partial charge in [0.2, 0.25) is 0 Å². The van der Waals surface area contributed by atoms with Gasteiger partial charge in [0.25, 0.3) is 0 Å². The first-order valence-corrected chi connectivity index (χ1v) is 7.68. The van der Waals surface area contributed by atoms with E-state index >= 15 is 0 Å². The number of morpholine rings is 1. The maximum absolute atomic E-state index is 5.93. The molecule has 2 aliphatic heterocycles. The van der Waals surface area contributed by atoms with Crippen LogP contribution in [0.15, 0.2) is 16.5 Å². The summed E-state index contributed by atoms with van der Waals surface area (Å²) in [4.78, 5) is 2.46. The lowest BCUT2D eigenvalue weighted by Gasteiger charge is -2.31. The Morgan fingerprint density at radius 2 is 1.80 bits per heavy atom. The average molecular weight is 278 g/mol. The minimum absolute atomic E-state index is 0.121. The molecule has 1 aromatic rings. The third-order valence-corrected chi connectivity index (χ3v) is 4.01. The lowest BCUT2D eigenvalue weighted by atomic mass is 10.1. The normalized spacial score (nSPS) is 27.1. The fraction of sp³-hybridized carbons (Fsp3) is 0.750. The number of likely N-dealkylation sites (tertiary alicyclic amines) is 1. The largest absolute Gasteiger partial charge is 0.463 e. The van der Waals surface area contributed by atoms with Crippen molar-refractivity contribution in [3.8, 4) is 0 Å². The Bertz CT molecular complexity index is 438. The molecule has 0 aliphatic carbocycles. The van der Waals surface area contributed by atoms with Crippen molar-refractivity contribution in [3.63, 3.8) is 0 Å². The quantitative estimate of drug-likeness (QED) is 0.918. The van der Waals surface area contributed by atoms with Crippen LogP contribution in [0.1, 0.15) is 45.1 Å². The average Bonchev–Trinajstić information content (AvgIpc) is 2.93. The van der Waals surface area contributed by atoms with Crippen LogP contribution < -0.4 is 5.32 Å². The van der Waals surface area contributed by atoms with Crippen LogP contribution >= 0.6 is 0 Å². The first-order valence-electron chi connectivity index (χ1n) is 7.68. The number of nitrogens with one attached hydrogen (secondary N) is 1. The highest BCUT2D eigenvalue weighted by molar-refractivity contribution is 5.08. The predicted molar refractivity (Wildman–Crippen MR) is 78.5 cm³/mol. The predicted octanol–water partition coefficient (Wildman–Crippen LogP) is 2.53. The maximum Gasteiger partial charge on any atom is 0.118 e. The van der Waals surface area contributed by atoms with Crippen LogP contribution in [-0.4, -0.2) is 35.7 Å². The van der Waals surface area contributed by atoms with E-state index in [-0.39, 0.29) is 5.54 Å². The first kappa shape index (κ1) is 14.1. The van der Waals surface area contributed by atoms with Gasteiger partial charge >= 0.3 is 0 Å². The van der Waals surface area contributed by atoms with Gasteiger partial charge in [-0.2, -0.15) is 0 Å². The Kier molecular flexibility index (Phi) is 3.89. The van der Waals surface area contributed by atoms with Gasteiger partial charge in [0.15, 0.2) is 0 Å². The highest BCUT2D eigenvalue weighted by Gasteiger charge is 2.33. The molecule has 3 rings (SSSR count). The Hall–Kier alpha value is -0.840. The smallest absolute Gasteiger partial charge is 0.118 e. The molecular weight excluding hydrogens is 252 g/mol. The number of hydrogen-bond donors (Lipinski definition) is 1. The second-order valence-electron chi connectivity index (χ2n) is 7.12. The summed E-state index contributed by atoms with van der Waals surface area (Å²) in [5, 5.41) is 3.45. The lowest BCUT2D eigenvalue weighted by molar-refractivity contribution is -0.0427. The van der Waals surface area contributed by atoms with E-state index in [2.05, 4.69) is 43.1 Å². The molecule has 2 saturated heterocycles. The third kappa shape index (κ3) is 3.62. The third-order valence-electron chi connectivity index (χ3n) is 4.01. The Balaban J connectivity index is 1.52. The summed E-state index contributed by atoms with van der Waals surface area (Å²) in [6.45, 7) is 10.3. The van der Waals surface area contributed by atoms with E-state index in [4.69, 9.17) is 9.15 Å². The van der Waals surface area contributed by atoms with Crippen molar-refractivity contribution >= 4 is 0 Å². The van der Waals surface area contributed by atoms with Crippen LogP contribution in [0.5, 0.6) is 0 Å². The summed E-state index contributed by atoms with van der Waals surface area (Å²) >= 11 is 0. The molecule has 20 heavy (non-hydrogen) atoms. The van der Waals surface area contributed by atoms with Gasteiger partial charge < -0.3 is 14.5 Å². The zero-order chi connectivity index (χ0) is 14.2. The van der Waals surface area contributed by atoms with E-state index < -0.39 is 0 Å². The molecule has 0 radical (unpaired) electrons. The first-order chi connectivity index (χ1) is 9.48. The number of hydrogen-bond acceptors (Lipinski definition) is 4. The molecule has 0 saturated carbocycles. The summed E-state index contributed by atoms with van der Waals surface area (Å²) < 4.78 is 11.8. The molecule has 4 nitrogen and oxygen atoms in total. The number of ether oxygens (including phenoxy) is 1. The molecule has 2 bridgehead atoms. The molecule has 2 atom stereocenters. The molecule has 1 N–H and O–H groups in total. The molecular formula is C16H26N2O2. The van der Waals surface area contributed by atoms with Crippen LogP contribution in [0.4, 0.5) is 0 Å². The number of furan rings is 1. The molecule has 0 aromatic carbocycles. The van der Waals surface area contributed by atoms with E-state index in [1.807, 2.05) is 0 Å². The van der Waals surface area contributed by atoms with Crippen LogP contribution in [-0.2, 0) is 17.8 Å². The van der Waals surface area contributed by atoms with E-state index in [1.54, 1.807) is 0 Å². The molecule has 2 unspecified atom stereocenters. The van der Waals surface area contributed by atoms with Crippen LogP contribution in [0.3, 0.4) is 0 Å². The van der Waals surface area contributed by atoms with Crippen molar-refractivity contribution in [1.82, 2.24) is 10.2 Å². The molecule has 0 spiro atoms. The topological polar surface area (TPSA) is 37.6 Å². The van der Waals surface area contributed by atoms with Crippen molar-refractivity contribution in [1.29, 1.82) is 0 Å². The van der Waals surface area contributed by atoms with Crippen LogP contribution in [0.2, 0.25) is 0 Å². The molecule has 1 aromatic heterocycles. The SMILES string of the molecule is CC(C)(C)NCc1ccc(CN2CC3CCC(C2)O3)o1. The van der Waals surface area contributed by atoms with Gasteiger partial charge in [-0.15, -0.1) is 0 Å². The second-order valence-corrected chi connectivity index (χ2v) is 7.12. The zero-order valence-electron chi connectivity index (χ0n) is 12.8. The second kappa shape index (κ2) is 5.51. The zero-order valence-corrected chi connectivity index (χ0v) is 12.8. The van der Waals surface area contributed by atoms with Crippen molar-refractivity contribution < 1.29 is 9.15 Å². The van der Waals surface area contributed by atoms with Crippen LogP contribution in [0, 0.1) is 0 Å². The molecule has 2 aliphatic rings. The van der Waals surface area contributed by atoms with E-state index in [0.717, 1.165) is 37.7 Å². The highest BCUT2D eigenvalue weighted by atomic mass is 16.5. The van der Waals surface area contributed by atoms with Crippen molar-refractivity contribution in [2.45, 2.75) is 64.4 Å². The minimum Gasteiger partial charge on any atom is -0.463 e. The fourth-order valence-corrected chi connectivity index (χ4v) is 3.00.